The molecule has 96 valence electrons. The fourth-order valence-electron chi connectivity index (χ4n) is 1.64. The number of aliphatic hydroxyl groups excluding tert-OH is 1. The van der Waals surface area contributed by atoms with Crippen LogP contribution >= 0.6 is 0 Å². The molecule has 0 atom stereocenters. The highest BCUT2D eigenvalue weighted by Crippen LogP contribution is 2.25. The molecule has 1 N–H and O–H groups in total. The Labute approximate surface area is 103 Å². The lowest BCUT2D eigenvalue weighted by atomic mass is 10.2. The van der Waals surface area contributed by atoms with Crippen molar-refractivity contribution in [1.29, 1.82) is 0 Å². The van der Waals surface area contributed by atoms with Gasteiger partial charge in [0.15, 0.2) is 0 Å². The van der Waals surface area contributed by atoms with Crippen LogP contribution in [0.2, 0.25) is 0 Å². The molecule has 3 nitrogen and oxygen atoms in total. The third-order valence-electron chi connectivity index (χ3n) is 2.70. The fourth-order valence-corrected chi connectivity index (χ4v) is 1.64. The van der Waals surface area contributed by atoms with Crippen LogP contribution in [0.15, 0.2) is 18.2 Å². The maximum atomic E-state index is 9.20. The van der Waals surface area contributed by atoms with Crippen molar-refractivity contribution in [2.75, 3.05) is 13.7 Å². The Morgan fingerprint density at radius 2 is 2.00 bits per heavy atom. The molecule has 0 amide bonds. The smallest absolute Gasteiger partial charge is 0.128 e. The number of rotatable bonds is 8. The maximum Gasteiger partial charge on any atom is 0.128 e. The molecule has 0 aromatic heterocycles. The Hall–Kier alpha value is -1.22. The lowest BCUT2D eigenvalue weighted by Crippen LogP contribution is -2.01. The van der Waals surface area contributed by atoms with Gasteiger partial charge in [-0.1, -0.05) is 26.2 Å². The zero-order valence-corrected chi connectivity index (χ0v) is 10.7. The van der Waals surface area contributed by atoms with Crippen LogP contribution in [-0.2, 0) is 6.61 Å². The summed E-state index contributed by atoms with van der Waals surface area (Å²) < 4.78 is 10.8. The molecule has 0 saturated carbocycles. The summed E-state index contributed by atoms with van der Waals surface area (Å²) in [5.41, 5.74) is 0.807. The maximum absolute atomic E-state index is 9.20. The van der Waals surface area contributed by atoms with E-state index in [9.17, 15) is 5.11 Å². The average Bonchev–Trinajstić information content (AvgIpc) is 2.38. The summed E-state index contributed by atoms with van der Waals surface area (Å²) in [5, 5.41) is 9.20. The summed E-state index contributed by atoms with van der Waals surface area (Å²) in [6, 6.07) is 5.49. The first kappa shape index (κ1) is 13.8. The van der Waals surface area contributed by atoms with E-state index in [2.05, 4.69) is 6.92 Å². The van der Waals surface area contributed by atoms with Gasteiger partial charge >= 0.3 is 0 Å². The van der Waals surface area contributed by atoms with Crippen molar-refractivity contribution in [1.82, 2.24) is 0 Å². The predicted octanol–water partition coefficient (Wildman–Crippen LogP) is 3.15. The topological polar surface area (TPSA) is 38.7 Å². The summed E-state index contributed by atoms with van der Waals surface area (Å²) in [6.07, 6.45) is 4.71. The summed E-state index contributed by atoms with van der Waals surface area (Å²) in [6.45, 7) is 2.88. The first-order chi connectivity index (χ1) is 8.31. The molecule has 0 saturated heterocycles. The largest absolute Gasteiger partial charge is 0.497 e. The van der Waals surface area contributed by atoms with Gasteiger partial charge in [0.2, 0.25) is 0 Å². The van der Waals surface area contributed by atoms with Crippen LogP contribution in [0.5, 0.6) is 11.5 Å². The normalized spacial score (nSPS) is 10.3. The molecule has 0 aliphatic carbocycles. The molecular formula is C14H22O3. The average molecular weight is 238 g/mol. The highest BCUT2D eigenvalue weighted by Gasteiger charge is 2.04. The first-order valence-electron chi connectivity index (χ1n) is 6.22. The number of hydrogen-bond donors (Lipinski definition) is 1. The first-order valence-corrected chi connectivity index (χ1v) is 6.22. The van der Waals surface area contributed by atoms with E-state index in [1.807, 2.05) is 18.2 Å². The minimum atomic E-state index is -0.00567. The van der Waals surface area contributed by atoms with Gasteiger partial charge in [0.25, 0.3) is 0 Å². The van der Waals surface area contributed by atoms with Gasteiger partial charge in [-0.3, -0.25) is 0 Å². The van der Waals surface area contributed by atoms with Crippen molar-refractivity contribution < 1.29 is 14.6 Å². The number of unbranched alkanes of at least 4 members (excludes halogenated alkanes) is 3. The number of aliphatic hydroxyl groups is 1. The van der Waals surface area contributed by atoms with Gasteiger partial charge in [0, 0.05) is 11.6 Å². The molecule has 0 heterocycles. The standard InChI is InChI=1S/C14H22O3/c1-3-4-5-6-9-17-14-10-13(16-2)8-7-12(14)11-15/h7-8,10,15H,3-6,9,11H2,1-2H3. The van der Waals surface area contributed by atoms with E-state index in [0.29, 0.717) is 6.61 Å². The molecule has 1 rings (SSSR count). The van der Waals surface area contributed by atoms with E-state index in [1.54, 1.807) is 7.11 Å². The predicted molar refractivity (Wildman–Crippen MR) is 68.6 cm³/mol. The summed E-state index contributed by atoms with van der Waals surface area (Å²) in [5.74, 6) is 1.48. The van der Waals surface area contributed by atoms with Gasteiger partial charge in [0.1, 0.15) is 11.5 Å². The van der Waals surface area contributed by atoms with Crippen molar-refractivity contribution >= 4 is 0 Å². The number of methoxy groups -OCH3 is 1. The molecule has 0 radical (unpaired) electrons. The van der Waals surface area contributed by atoms with Gasteiger partial charge in [0.05, 0.1) is 20.3 Å². The molecule has 0 aliphatic heterocycles. The summed E-state index contributed by atoms with van der Waals surface area (Å²) >= 11 is 0. The highest BCUT2D eigenvalue weighted by molar-refractivity contribution is 5.40. The molecule has 0 fully saturated rings. The van der Waals surface area contributed by atoms with Gasteiger partial charge in [-0.15, -0.1) is 0 Å². The minimum Gasteiger partial charge on any atom is -0.497 e. The van der Waals surface area contributed by atoms with Crippen LogP contribution in [0.4, 0.5) is 0 Å². The molecule has 0 aliphatic rings. The molecule has 1 aromatic rings. The molecule has 0 unspecified atom stereocenters. The van der Waals surface area contributed by atoms with Crippen LogP contribution in [0.1, 0.15) is 38.2 Å². The monoisotopic (exact) mass is 238 g/mol. The van der Waals surface area contributed by atoms with Crippen LogP contribution in [0.3, 0.4) is 0 Å². The van der Waals surface area contributed by atoms with Crippen molar-refractivity contribution in [3.8, 4) is 11.5 Å². The summed E-state index contributed by atoms with van der Waals surface area (Å²) in [7, 11) is 1.62. The van der Waals surface area contributed by atoms with Crippen LogP contribution in [-0.4, -0.2) is 18.8 Å². The van der Waals surface area contributed by atoms with E-state index in [1.165, 1.54) is 19.3 Å². The van der Waals surface area contributed by atoms with Crippen LogP contribution < -0.4 is 9.47 Å². The Morgan fingerprint density at radius 3 is 2.65 bits per heavy atom. The van der Waals surface area contributed by atoms with Crippen molar-refractivity contribution in [2.45, 2.75) is 39.2 Å². The van der Waals surface area contributed by atoms with Crippen molar-refractivity contribution in [3.05, 3.63) is 23.8 Å². The molecule has 0 spiro atoms. The van der Waals surface area contributed by atoms with Crippen LogP contribution in [0.25, 0.3) is 0 Å². The Balaban J connectivity index is 2.49. The molecule has 0 bridgehead atoms. The van der Waals surface area contributed by atoms with Gasteiger partial charge in [-0.05, 0) is 18.6 Å². The van der Waals surface area contributed by atoms with Crippen molar-refractivity contribution in [3.63, 3.8) is 0 Å². The second kappa shape index (κ2) is 7.96. The fraction of sp³-hybridized carbons (Fsp3) is 0.571. The second-order valence-electron chi connectivity index (χ2n) is 4.04. The number of ether oxygens (including phenoxy) is 2. The van der Waals surface area contributed by atoms with Gasteiger partial charge in [-0.2, -0.15) is 0 Å². The van der Waals surface area contributed by atoms with Crippen molar-refractivity contribution in [2.24, 2.45) is 0 Å². The lowest BCUT2D eigenvalue weighted by molar-refractivity contribution is 0.259. The molecular weight excluding hydrogens is 216 g/mol. The van der Waals surface area contributed by atoms with Gasteiger partial charge in [-0.25, -0.2) is 0 Å². The molecule has 1 aromatic carbocycles. The number of hydrogen-bond acceptors (Lipinski definition) is 3. The Bertz CT molecular complexity index is 323. The third-order valence-corrected chi connectivity index (χ3v) is 2.70. The zero-order valence-electron chi connectivity index (χ0n) is 10.7. The summed E-state index contributed by atoms with van der Waals surface area (Å²) in [4.78, 5) is 0. The SMILES string of the molecule is CCCCCCOc1cc(OC)ccc1CO. The van der Waals surface area contributed by atoms with Crippen LogP contribution in [0, 0.1) is 0 Å². The van der Waals surface area contributed by atoms with E-state index >= 15 is 0 Å². The van der Waals surface area contributed by atoms with Gasteiger partial charge < -0.3 is 14.6 Å². The zero-order chi connectivity index (χ0) is 12.5. The van der Waals surface area contributed by atoms with E-state index in [4.69, 9.17) is 9.47 Å². The van der Waals surface area contributed by atoms with E-state index in [-0.39, 0.29) is 6.61 Å². The lowest BCUT2D eigenvalue weighted by Gasteiger charge is -2.11. The molecule has 17 heavy (non-hydrogen) atoms. The quantitative estimate of drug-likeness (QED) is 0.707. The van der Waals surface area contributed by atoms with E-state index < -0.39 is 0 Å². The third kappa shape index (κ3) is 4.65. The molecule has 3 heteroatoms. The highest BCUT2D eigenvalue weighted by atomic mass is 16.5. The number of benzene rings is 1. The second-order valence-corrected chi connectivity index (χ2v) is 4.04. The minimum absolute atomic E-state index is 0.00567. The van der Waals surface area contributed by atoms with E-state index in [0.717, 1.165) is 23.5 Å². The Kier molecular flexibility index (Phi) is 6.48. The Morgan fingerprint density at radius 1 is 1.18 bits per heavy atom.